The van der Waals surface area contributed by atoms with E-state index in [4.69, 9.17) is 4.74 Å². The zero-order chi connectivity index (χ0) is 25.9. The molecule has 1 aliphatic heterocycles. The van der Waals surface area contributed by atoms with Gasteiger partial charge >= 0.3 is 0 Å². The third-order valence-corrected chi connectivity index (χ3v) is 7.55. The summed E-state index contributed by atoms with van der Waals surface area (Å²) in [5, 5.41) is 4.99. The Hall–Kier alpha value is -3.87. The summed E-state index contributed by atoms with van der Waals surface area (Å²) in [6, 6.07) is 18.3. The van der Waals surface area contributed by atoms with Crippen molar-refractivity contribution in [3.63, 3.8) is 0 Å². The molecule has 0 bridgehead atoms. The molecule has 192 valence electrons. The molecule has 3 amide bonds. The van der Waals surface area contributed by atoms with E-state index in [9.17, 15) is 14.4 Å². The van der Waals surface area contributed by atoms with E-state index in [0.29, 0.717) is 11.3 Å². The highest BCUT2D eigenvalue weighted by atomic mass is 16.5. The van der Waals surface area contributed by atoms with Crippen molar-refractivity contribution in [1.29, 1.82) is 0 Å². The molecule has 3 aromatic rings. The van der Waals surface area contributed by atoms with Gasteiger partial charge in [-0.3, -0.25) is 19.3 Å². The minimum atomic E-state index is -0.698. The summed E-state index contributed by atoms with van der Waals surface area (Å²) >= 11 is 0. The van der Waals surface area contributed by atoms with Crippen LogP contribution in [0.25, 0.3) is 10.8 Å². The summed E-state index contributed by atoms with van der Waals surface area (Å²) in [7, 11) is 1.60. The van der Waals surface area contributed by atoms with Crippen molar-refractivity contribution in [1.82, 2.24) is 10.2 Å². The fourth-order valence-electron chi connectivity index (χ4n) is 5.48. The maximum absolute atomic E-state index is 13.8. The molecule has 7 nitrogen and oxygen atoms in total. The number of ether oxygens (including phenoxy) is 1. The molecule has 37 heavy (non-hydrogen) atoms. The Kier molecular flexibility index (Phi) is 7.12. The van der Waals surface area contributed by atoms with Gasteiger partial charge in [0.15, 0.2) is 0 Å². The normalized spacial score (nSPS) is 16.1. The molecule has 1 atom stereocenters. The summed E-state index contributed by atoms with van der Waals surface area (Å²) in [6.07, 6.45) is 5.34. The van der Waals surface area contributed by atoms with Gasteiger partial charge < -0.3 is 15.0 Å². The van der Waals surface area contributed by atoms with E-state index in [-0.39, 0.29) is 36.9 Å². The maximum Gasteiger partial charge on any atom is 0.259 e. The number of hydrogen-bond acceptors (Lipinski definition) is 4. The molecule has 0 aromatic heterocycles. The van der Waals surface area contributed by atoms with Gasteiger partial charge in [0.05, 0.1) is 12.8 Å². The topological polar surface area (TPSA) is 79.0 Å². The van der Waals surface area contributed by atoms with Crippen LogP contribution in [0.2, 0.25) is 0 Å². The molecular formula is C30H33N3O4. The van der Waals surface area contributed by atoms with Crippen LogP contribution in [0.4, 0.5) is 5.69 Å². The lowest BCUT2D eigenvalue weighted by molar-refractivity contribution is -0.139. The minimum absolute atomic E-state index is 0.141. The second kappa shape index (κ2) is 10.6. The summed E-state index contributed by atoms with van der Waals surface area (Å²) in [4.78, 5) is 43.5. The average molecular weight is 500 g/mol. The van der Waals surface area contributed by atoms with E-state index in [1.165, 1.54) is 11.3 Å². The molecule has 1 N–H and O–H groups in total. The Bertz CT molecular complexity index is 1330. The van der Waals surface area contributed by atoms with Gasteiger partial charge in [0, 0.05) is 23.5 Å². The van der Waals surface area contributed by atoms with Gasteiger partial charge in [0.2, 0.25) is 11.8 Å². The fraction of sp³-hybridized carbons (Fsp3) is 0.367. The standard InChI is InChI=1S/C30H33N3O4/c1-20(29(35)31-23-12-4-3-5-13-23)32(18-21-9-6-14-24(17-21)37-2)27(34)19-33-26-16-8-11-22-10-7-15-25(28(22)26)30(33)36/h6-11,14-17,20,23H,3-5,12-13,18-19H2,1-2H3,(H,31,35)/t20-/m0/s1. The van der Waals surface area contributed by atoms with Crippen LogP contribution in [-0.2, 0) is 16.1 Å². The van der Waals surface area contributed by atoms with Crippen LogP contribution in [0.15, 0.2) is 60.7 Å². The van der Waals surface area contributed by atoms with Crippen LogP contribution in [0.5, 0.6) is 5.75 Å². The molecule has 0 spiro atoms. The van der Waals surface area contributed by atoms with Crippen molar-refractivity contribution in [2.24, 2.45) is 0 Å². The predicted octanol–water partition coefficient (Wildman–Crippen LogP) is 4.67. The number of nitrogens with zero attached hydrogens (tertiary/aromatic N) is 2. The number of benzene rings is 3. The molecule has 1 heterocycles. The summed E-state index contributed by atoms with van der Waals surface area (Å²) in [5.74, 6) is 0.0374. The maximum atomic E-state index is 13.8. The monoisotopic (exact) mass is 499 g/mol. The number of anilines is 1. The largest absolute Gasteiger partial charge is 0.497 e. The van der Waals surface area contributed by atoms with Crippen molar-refractivity contribution in [2.45, 2.75) is 57.7 Å². The minimum Gasteiger partial charge on any atom is -0.497 e. The third kappa shape index (κ3) is 5.03. The van der Waals surface area contributed by atoms with Crippen LogP contribution in [0.3, 0.4) is 0 Å². The molecule has 1 aliphatic carbocycles. The van der Waals surface area contributed by atoms with Crippen molar-refractivity contribution in [3.8, 4) is 5.75 Å². The molecule has 0 radical (unpaired) electrons. The lowest BCUT2D eigenvalue weighted by atomic mass is 9.95. The van der Waals surface area contributed by atoms with E-state index < -0.39 is 6.04 Å². The SMILES string of the molecule is COc1cccc(CN(C(=O)CN2C(=O)c3cccc4cccc2c34)[C@@H](C)C(=O)NC2CCCCC2)c1. The number of nitrogens with one attached hydrogen (secondary N) is 1. The lowest BCUT2D eigenvalue weighted by Gasteiger charge is -2.32. The van der Waals surface area contributed by atoms with Gasteiger partial charge in [-0.05, 0) is 55.0 Å². The van der Waals surface area contributed by atoms with E-state index >= 15 is 0 Å². The van der Waals surface area contributed by atoms with E-state index in [1.54, 1.807) is 25.0 Å². The Morgan fingerprint density at radius 1 is 1.05 bits per heavy atom. The highest BCUT2D eigenvalue weighted by molar-refractivity contribution is 6.26. The van der Waals surface area contributed by atoms with E-state index in [1.807, 2.05) is 54.6 Å². The Morgan fingerprint density at radius 3 is 2.54 bits per heavy atom. The number of methoxy groups -OCH3 is 1. The molecule has 0 unspecified atom stereocenters. The molecule has 3 aromatic carbocycles. The lowest BCUT2D eigenvalue weighted by Crippen LogP contribution is -2.52. The number of rotatable bonds is 8. The highest BCUT2D eigenvalue weighted by Gasteiger charge is 2.34. The highest BCUT2D eigenvalue weighted by Crippen LogP contribution is 2.37. The van der Waals surface area contributed by atoms with Crippen molar-refractivity contribution >= 4 is 34.2 Å². The molecule has 1 fully saturated rings. The molecule has 1 saturated carbocycles. The molecule has 5 rings (SSSR count). The molecular weight excluding hydrogens is 466 g/mol. The first-order valence-corrected chi connectivity index (χ1v) is 13.0. The zero-order valence-corrected chi connectivity index (χ0v) is 21.4. The van der Waals surface area contributed by atoms with Gasteiger partial charge in [0.1, 0.15) is 18.3 Å². The third-order valence-electron chi connectivity index (χ3n) is 7.55. The number of hydrogen-bond donors (Lipinski definition) is 1. The quantitative estimate of drug-likeness (QED) is 0.488. The van der Waals surface area contributed by atoms with Gasteiger partial charge in [0.25, 0.3) is 5.91 Å². The molecule has 2 aliphatic rings. The summed E-state index contributed by atoms with van der Waals surface area (Å²) in [5.41, 5.74) is 2.18. The van der Waals surface area contributed by atoms with E-state index in [0.717, 1.165) is 47.7 Å². The second-order valence-electron chi connectivity index (χ2n) is 9.96. The first-order valence-electron chi connectivity index (χ1n) is 13.0. The Balaban J connectivity index is 1.40. The smallest absolute Gasteiger partial charge is 0.259 e. The number of carbonyl (C=O) groups is 3. The summed E-state index contributed by atoms with van der Waals surface area (Å²) < 4.78 is 5.36. The van der Waals surface area contributed by atoms with Crippen LogP contribution < -0.4 is 15.0 Å². The Labute approximate surface area is 217 Å². The van der Waals surface area contributed by atoms with Crippen molar-refractivity contribution in [3.05, 3.63) is 71.8 Å². The zero-order valence-electron chi connectivity index (χ0n) is 21.4. The van der Waals surface area contributed by atoms with Crippen molar-refractivity contribution < 1.29 is 19.1 Å². The molecule has 7 heteroatoms. The van der Waals surface area contributed by atoms with Crippen LogP contribution in [0.1, 0.15) is 54.9 Å². The Morgan fingerprint density at radius 2 is 1.78 bits per heavy atom. The van der Waals surface area contributed by atoms with Gasteiger partial charge in [-0.15, -0.1) is 0 Å². The summed E-state index contributed by atoms with van der Waals surface area (Å²) in [6.45, 7) is 1.85. The predicted molar refractivity (Wildman–Crippen MR) is 144 cm³/mol. The van der Waals surface area contributed by atoms with Gasteiger partial charge in [-0.2, -0.15) is 0 Å². The van der Waals surface area contributed by atoms with Crippen LogP contribution in [0, 0.1) is 0 Å². The van der Waals surface area contributed by atoms with Crippen LogP contribution in [-0.4, -0.2) is 48.4 Å². The number of amides is 3. The van der Waals surface area contributed by atoms with Crippen molar-refractivity contribution in [2.75, 3.05) is 18.6 Å². The first-order chi connectivity index (χ1) is 18.0. The van der Waals surface area contributed by atoms with Gasteiger partial charge in [-0.25, -0.2) is 0 Å². The second-order valence-corrected chi connectivity index (χ2v) is 9.96. The van der Waals surface area contributed by atoms with Gasteiger partial charge in [-0.1, -0.05) is 55.7 Å². The fourth-order valence-corrected chi connectivity index (χ4v) is 5.48. The average Bonchev–Trinajstić information content (AvgIpc) is 3.20. The first kappa shape index (κ1) is 24.8. The molecule has 0 saturated heterocycles. The number of carbonyl (C=O) groups excluding carboxylic acids is 3. The van der Waals surface area contributed by atoms with E-state index in [2.05, 4.69) is 5.32 Å². The van der Waals surface area contributed by atoms with Crippen LogP contribution >= 0.6 is 0 Å².